The monoisotopic (exact) mass is 369 g/mol. The maximum absolute atomic E-state index is 13.6. The molecule has 0 atom stereocenters. The zero-order chi connectivity index (χ0) is 19.1. The standard InChI is InChI=1S/C18H18F3NO4/c1-24-14-5-3-11(7-13(14)19)9-17(23)22-10-12-4-6-15(26-18(20)21)16(8-12)25-2/h3-8,18H,9-10H2,1-2H3,(H,22,23). The van der Waals surface area contributed by atoms with E-state index >= 15 is 0 Å². The number of carbonyl (C=O) groups excluding carboxylic acids is 1. The van der Waals surface area contributed by atoms with Crippen LogP contribution < -0.4 is 19.5 Å². The van der Waals surface area contributed by atoms with Crippen LogP contribution in [0.2, 0.25) is 0 Å². The maximum Gasteiger partial charge on any atom is 0.387 e. The third-order valence-electron chi connectivity index (χ3n) is 3.51. The molecule has 0 bridgehead atoms. The molecule has 1 N–H and O–H groups in total. The lowest BCUT2D eigenvalue weighted by atomic mass is 10.1. The molecule has 0 aliphatic heterocycles. The van der Waals surface area contributed by atoms with Crippen LogP contribution in [0, 0.1) is 5.82 Å². The number of halogens is 3. The second-order valence-electron chi connectivity index (χ2n) is 5.29. The fraction of sp³-hybridized carbons (Fsp3) is 0.278. The lowest BCUT2D eigenvalue weighted by Crippen LogP contribution is -2.24. The molecule has 0 spiro atoms. The van der Waals surface area contributed by atoms with Crippen LogP contribution in [-0.2, 0) is 17.8 Å². The molecule has 0 radical (unpaired) electrons. The van der Waals surface area contributed by atoms with Crippen molar-refractivity contribution in [2.45, 2.75) is 19.6 Å². The molecular weight excluding hydrogens is 351 g/mol. The smallest absolute Gasteiger partial charge is 0.387 e. The number of hydrogen-bond acceptors (Lipinski definition) is 4. The van der Waals surface area contributed by atoms with Gasteiger partial charge in [0.05, 0.1) is 20.6 Å². The Kier molecular flexibility index (Phi) is 6.71. The summed E-state index contributed by atoms with van der Waals surface area (Å²) >= 11 is 0. The van der Waals surface area contributed by atoms with Gasteiger partial charge >= 0.3 is 6.61 Å². The van der Waals surface area contributed by atoms with E-state index in [9.17, 15) is 18.0 Å². The van der Waals surface area contributed by atoms with E-state index in [-0.39, 0.29) is 36.1 Å². The molecule has 0 heterocycles. The first-order chi connectivity index (χ1) is 12.4. The minimum absolute atomic E-state index is 0.00930. The summed E-state index contributed by atoms with van der Waals surface area (Å²) in [6.07, 6.45) is -0.00930. The Labute approximate surface area is 148 Å². The van der Waals surface area contributed by atoms with Crippen molar-refractivity contribution in [3.8, 4) is 17.2 Å². The minimum Gasteiger partial charge on any atom is -0.494 e. The molecule has 1 amide bonds. The third-order valence-corrected chi connectivity index (χ3v) is 3.51. The Morgan fingerprint density at radius 2 is 1.65 bits per heavy atom. The number of ether oxygens (including phenoxy) is 3. The van der Waals surface area contributed by atoms with E-state index in [0.29, 0.717) is 11.1 Å². The zero-order valence-electron chi connectivity index (χ0n) is 14.2. The molecule has 0 aromatic heterocycles. The van der Waals surface area contributed by atoms with Gasteiger partial charge in [0.15, 0.2) is 23.1 Å². The van der Waals surface area contributed by atoms with Gasteiger partial charge in [0, 0.05) is 6.54 Å². The van der Waals surface area contributed by atoms with Crippen LogP contribution >= 0.6 is 0 Å². The van der Waals surface area contributed by atoms with Crippen LogP contribution in [0.15, 0.2) is 36.4 Å². The van der Waals surface area contributed by atoms with Gasteiger partial charge in [-0.1, -0.05) is 12.1 Å². The lowest BCUT2D eigenvalue weighted by molar-refractivity contribution is -0.120. The molecule has 2 aromatic carbocycles. The molecule has 8 heteroatoms. The van der Waals surface area contributed by atoms with Crippen molar-refractivity contribution in [1.82, 2.24) is 5.32 Å². The minimum atomic E-state index is -2.96. The maximum atomic E-state index is 13.6. The number of methoxy groups -OCH3 is 2. The van der Waals surface area contributed by atoms with E-state index in [0.717, 1.165) is 0 Å². The van der Waals surface area contributed by atoms with Crippen molar-refractivity contribution < 1.29 is 32.2 Å². The number of amides is 1. The average molecular weight is 369 g/mol. The number of alkyl halides is 2. The first-order valence-electron chi connectivity index (χ1n) is 7.63. The predicted octanol–water partition coefficient (Wildman–Crippen LogP) is 3.30. The number of hydrogen-bond donors (Lipinski definition) is 1. The summed E-state index contributed by atoms with van der Waals surface area (Å²) in [7, 11) is 2.69. The molecule has 0 saturated heterocycles. The Bertz CT molecular complexity index is 768. The van der Waals surface area contributed by atoms with E-state index in [1.54, 1.807) is 6.07 Å². The van der Waals surface area contributed by atoms with Crippen LogP contribution in [0.4, 0.5) is 13.2 Å². The van der Waals surface area contributed by atoms with Gasteiger partial charge in [-0.3, -0.25) is 4.79 Å². The topological polar surface area (TPSA) is 56.8 Å². The molecule has 0 saturated carbocycles. The van der Waals surface area contributed by atoms with E-state index in [4.69, 9.17) is 9.47 Å². The molecule has 2 rings (SSSR count). The van der Waals surface area contributed by atoms with Crippen molar-refractivity contribution in [3.63, 3.8) is 0 Å². The van der Waals surface area contributed by atoms with Crippen molar-refractivity contribution in [3.05, 3.63) is 53.3 Å². The zero-order valence-corrected chi connectivity index (χ0v) is 14.2. The van der Waals surface area contributed by atoms with E-state index in [2.05, 4.69) is 10.1 Å². The van der Waals surface area contributed by atoms with Crippen molar-refractivity contribution >= 4 is 5.91 Å². The summed E-state index contributed by atoms with van der Waals surface area (Å²) in [6.45, 7) is -2.80. The summed E-state index contributed by atoms with van der Waals surface area (Å²) in [6, 6.07) is 8.65. The summed E-state index contributed by atoms with van der Waals surface area (Å²) in [5.74, 6) is -0.716. The predicted molar refractivity (Wildman–Crippen MR) is 88.1 cm³/mol. The van der Waals surface area contributed by atoms with Gasteiger partial charge in [0.2, 0.25) is 5.91 Å². The van der Waals surface area contributed by atoms with Crippen LogP contribution in [0.5, 0.6) is 17.2 Å². The van der Waals surface area contributed by atoms with Gasteiger partial charge in [-0.05, 0) is 35.4 Å². The molecule has 0 aliphatic rings. The van der Waals surface area contributed by atoms with E-state index in [1.165, 1.54) is 44.6 Å². The summed E-state index contributed by atoms with van der Waals surface area (Å²) in [5, 5.41) is 2.67. The number of carbonyl (C=O) groups is 1. The van der Waals surface area contributed by atoms with Gasteiger partial charge in [-0.2, -0.15) is 8.78 Å². The summed E-state index contributed by atoms with van der Waals surface area (Å²) in [4.78, 5) is 12.0. The Hall–Kier alpha value is -2.90. The Balaban J connectivity index is 1.95. The fourth-order valence-electron chi connectivity index (χ4n) is 2.28. The van der Waals surface area contributed by atoms with Crippen molar-refractivity contribution in [1.29, 1.82) is 0 Å². The van der Waals surface area contributed by atoms with Gasteiger partial charge in [-0.15, -0.1) is 0 Å². The highest BCUT2D eigenvalue weighted by molar-refractivity contribution is 5.78. The van der Waals surface area contributed by atoms with E-state index < -0.39 is 12.4 Å². The number of rotatable bonds is 8. The first kappa shape index (κ1) is 19.4. The van der Waals surface area contributed by atoms with Gasteiger partial charge in [-0.25, -0.2) is 4.39 Å². The van der Waals surface area contributed by atoms with Crippen molar-refractivity contribution in [2.75, 3.05) is 14.2 Å². The number of nitrogens with one attached hydrogen (secondary N) is 1. The molecular formula is C18H18F3NO4. The Morgan fingerprint density at radius 1 is 1.00 bits per heavy atom. The largest absolute Gasteiger partial charge is 0.494 e. The van der Waals surface area contributed by atoms with Crippen LogP contribution in [-0.4, -0.2) is 26.7 Å². The van der Waals surface area contributed by atoms with E-state index in [1.807, 2.05) is 0 Å². The first-order valence-corrected chi connectivity index (χ1v) is 7.63. The average Bonchev–Trinajstić information content (AvgIpc) is 2.60. The normalized spacial score (nSPS) is 10.5. The van der Waals surface area contributed by atoms with Crippen LogP contribution in [0.3, 0.4) is 0 Å². The summed E-state index contributed by atoms with van der Waals surface area (Å²) < 4.78 is 52.4. The highest BCUT2D eigenvalue weighted by atomic mass is 19.3. The molecule has 2 aromatic rings. The highest BCUT2D eigenvalue weighted by Crippen LogP contribution is 2.29. The molecule has 26 heavy (non-hydrogen) atoms. The highest BCUT2D eigenvalue weighted by Gasteiger charge is 2.12. The number of benzene rings is 2. The third kappa shape index (κ3) is 5.30. The lowest BCUT2D eigenvalue weighted by Gasteiger charge is -2.12. The van der Waals surface area contributed by atoms with Gasteiger partial charge < -0.3 is 19.5 Å². The van der Waals surface area contributed by atoms with Gasteiger partial charge in [0.25, 0.3) is 0 Å². The second-order valence-corrected chi connectivity index (χ2v) is 5.29. The molecule has 0 fully saturated rings. The fourth-order valence-corrected chi connectivity index (χ4v) is 2.28. The molecule has 0 aliphatic carbocycles. The van der Waals surface area contributed by atoms with Gasteiger partial charge in [0.1, 0.15) is 0 Å². The molecule has 5 nitrogen and oxygen atoms in total. The molecule has 0 unspecified atom stereocenters. The Morgan fingerprint density at radius 3 is 2.27 bits per heavy atom. The second kappa shape index (κ2) is 8.98. The SMILES string of the molecule is COc1ccc(CC(=O)NCc2ccc(OC(F)F)c(OC)c2)cc1F. The quantitative estimate of drug-likeness (QED) is 0.776. The van der Waals surface area contributed by atoms with Crippen molar-refractivity contribution in [2.24, 2.45) is 0 Å². The van der Waals surface area contributed by atoms with Crippen LogP contribution in [0.25, 0.3) is 0 Å². The molecule has 140 valence electrons. The summed E-state index contributed by atoms with van der Waals surface area (Å²) in [5.41, 5.74) is 1.14. The van der Waals surface area contributed by atoms with Crippen LogP contribution in [0.1, 0.15) is 11.1 Å².